The van der Waals surface area contributed by atoms with Gasteiger partial charge in [-0.3, -0.25) is 4.79 Å². The summed E-state index contributed by atoms with van der Waals surface area (Å²) in [7, 11) is 0. The van der Waals surface area contributed by atoms with Crippen molar-refractivity contribution in [1.82, 2.24) is 0 Å². The molecule has 1 aliphatic rings. The van der Waals surface area contributed by atoms with Crippen LogP contribution in [0.25, 0.3) is 0 Å². The second-order valence-corrected chi connectivity index (χ2v) is 5.67. The Kier molecular flexibility index (Phi) is 5.15. The van der Waals surface area contributed by atoms with Gasteiger partial charge in [0.05, 0.1) is 0 Å². The molecule has 0 aliphatic heterocycles. The molecule has 19 heavy (non-hydrogen) atoms. The van der Waals surface area contributed by atoms with Gasteiger partial charge < -0.3 is 4.74 Å². The van der Waals surface area contributed by atoms with Gasteiger partial charge in [-0.1, -0.05) is 32.4 Å². The van der Waals surface area contributed by atoms with Crippen LogP contribution in [0.15, 0.2) is 18.2 Å². The molecular formula is C17H24O2. The van der Waals surface area contributed by atoms with Crippen LogP contribution in [0, 0.1) is 5.92 Å². The molecule has 1 aromatic carbocycles. The smallest absolute Gasteiger partial charge is 0.188 e. The van der Waals surface area contributed by atoms with Gasteiger partial charge >= 0.3 is 0 Å². The number of benzene rings is 1. The molecule has 0 bridgehead atoms. The standard InChI is InChI=1S/C17H24O2/c1-3-5-13(2)11-19-12-17(18)16-9-8-14-6-4-7-15(14)10-16/h8-10,13H,3-7,11-12H2,1-2H3. The highest BCUT2D eigenvalue weighted by Gasteiger charge is 2.14. The molecule has 1 atom stereocenters. The number of Topliss-reactive ketones (excluding diaryl/α,β-unsaturated/α-hetero) is 1. The lowest BCUT2D eigenvalue weighted by atomic mass is 10.0. The highest BCUT2D eigenvalue weighted by atomic mass is 16.5. The fourth-order valence-corrected chi connectivity index (χ4v) is 2.76. The van der Waals surface area contributed by atoms with E-state index in [2.05, 4.69) is 26.0 Å². The van der Waals surface area contributed by atoms with E-state index in [9.17, 15) is 4.79 Å². The predicted octanol–water partition coefficient (Wildman–Crippen LogP) is 3.81. The number of carbonyl (C=O) groups excluding carboxylic acids is 1. The van der Waals surface area contributed by atoms with Crippen LogP contribution in [-0.4, -0.2) is 19.0 Å². The topological polar surface area (TPSA) is 26.3 Å². The minimum absolute atomic E-state index is 0.110. The van der Waals surface area contributed by atoms with Crippen molar-refractivity contribution >= 4 is 5.78 Å². The molecule has 1 aliphatic carbocycles. The Bertz CT molecular complexity index is 437. The third-order valence-electron chi connectivity index (χ3n) is 3.84. The first-order valence-electron chi connectivity index (χ1n) is 7.43. The van der Waals surface area contributed by atoms with Crippen LogP contribution in [0.1, 0.15) is 54.6 Å². The second-order valence-electron chi connectivity index (χ2n) is 5.67. The molecule has 0 radical (unpaired) electrons. The van der Waals surface area contributed by atoms with E-state index in [-0.39, 0.29) is 12.4 Å². The summed E-state index contributed by atoms with van der Waals surface area (Å²) in [5.41, 5.74) is 3.57. The lowest BCUT2D eigenvalue weighted by Crippen LogP contribution is -2.13. The van der Waals surface area contributed by atoms with E-state index in [1.807, 2.05) is 6.07 Å². The molecule has 2 nitrogen and oxygen atoms in total. The third-order valence-corrected chi connectivity index (χ3v) is 3.84. The lowest BCUT2D eigenvalue weighted by molar-refractivity contribution is 0.0683. The van der Waals surface area contributed by atoms with Gasteiger partial charge in [-0.25, -0.2) is 0 Å². The van der Waals surface area contributed by atoms with Crippen molar-refractivity contribution in [3.63, 3.8) is 0 Å². The molecule has 0 saturated heterocycles. The maximum atomic E-state index is 12.1. The van der Waals surface area contributed by atoms with Gasteiger partial charge in [-0.2, -0.15) is 0 Å². The van der Waals surface area contributed by atoms with Crippen LogP contribution in [0.5, 0.6) is 0 Å². The van der Waals surface area contributed by atoms with E-state index in [1.54, 1.807) is 0 Å². The van der Waals surface area contributed by atoms with Gasteiger partial charge in [-0.15, -0.1) is 0 Å². The van der Waals surface area contributed by atoms with Gasteiger partial charge in [0.1, 0.15) is 6.61 Å². The number of ether oxygens (including phenoxy) is 1. The summed E-state index contributed by atoms with van der Waals surface area (Å²) < 4.78 is 5.53. The molecule has 0 heterocycles. The molecule has 0 spiro atoms. The van der Waals surface area contributed by atoms with E-state index in [1.165, 1.54) is 24.0 Å². The fourth-order valence-electron chi connectivity index (χ4n) is 2.76. The number of fused-ring (bicyclic) bond motifs is 1. The van der Waals surface area contributed by atoms with Crippen molar-refractivity contribution in [3.05, 3.63) is 34.9 Å². The quantitative estimate of drug-likeness (QED) is 0.697. The van der Waals surface area contributed by atoms with Crippen molar-refractivity contribution in [3.8, 4) is 0 Å². The summed E-state index contributed by atoms with van der Waals surface area (Å²) in [5, 5.41) is 0. The number of ketones is 1. The largest absolute Gasteiger partial charge is 0.373 e. The molecule has 1 unspecified atom stereocenters. The number of carbonyl (C=O) groups is 1. The molecule has 104 valence electrons. The Labute approximate surface area is 116 Å². The molecule has 0 aromatic heterocycles. The molecule has 0 N–H and O–H groups in total. The first kappa shape index (κ1) is 14.3. The van der Waals surface area contributed by atoms with Crippen LogP contribution in [-0.2, 0) is 17.6 Å². The second kappa shape index (κ2) is 6.85. The predicted molar refractivity (Wildman–Crippen MR) is 77.7 cm³/mol. The van der Waals surface area contributed by atoms with E-state index < -0.39 is 0 Å². The summed E-state index contributed by atoms with van der Waals surface area (Å²) >= 11 is 0. The van der Waals surface area contributed by atoms with Gasteiger partial charge in [0.15, 0.2) is 5.78 Å². The Morgan fingerprint density at radius 2 is 2.11 bits per heavy atom. The van der Waals surface area contributed by atoms with Gasteiger partial charge in [-0.05, 0) is 48.8 Å². The Hall–Kier alpha value is -1.15. The zero-order valence-corrected chi connectivity index (χ0v) is 12.1. The van der Waals surface area contributed by atoms with Crippen molar-refractivity contribution in [2.45, 2.75) is 46.0 Å². The molecule has 1 aromatic rings. The summed E-state index contributed by atoms with van der Waals surface area (Å²) in [4.78, 5) is 12.1. The van der Waals surface area contributed by atoms with Crippen LogP contribution in [0.3, 0.4) is 0 Å². The fraction of sp³-hybridized carbons (Fsp3) is 0.588. The van der Waals surface area contributed by atoms with Crippen molar-refractivity contribution < 1.29 is 9.53 Å². The van der Waals surface area contributed by atoms with Gasteiger partial charge in [0.25, 0.3) is 0 Å². The van der Waals surface area contributed by atoms with Gasteiger partial charge in [0, 0.05) is 12.2 Å². The van der Waals surface area contributed by atoms with Crippen molar-refractivity contribution in [2.24, 2.45) is 5.92 Å². The van der Waals surface area contributed by atoms with E-state index >= 15 is 0 Å². The highest BCUT2D eigenvalue weighted by Crippen LogP contribution is 2.23. The summed E-state index contributed by atoms with van der Waals surface area (Å²) in [6.07, 6.45) is 5.83. The molecule has 2 rings (SSSR count). The van der Waals surface area contributed by atoms with Crippen LogP contribution < -0.4 is 0 Å². The third kappa shape index (κ3) is 3.90. The molecular weight excluding hydrogens is 236 g/mol. The molecule has 0 amide bonds. The Morgan fingerprint density at radius 1 is 1.32 bits per heavy atom. The maximum Gasteiger partial charge on any atom is 0.188 e. The van der Waals surface area contributed by atoms with Crippen molar-refractivity contribution in [1.29, 1.82) is 0 Å². The average Bonchev–Trinajstić information content (AvgIpc) is 2.86. The zero-order valence-electron chi connectivity index (χ0n) is 12.1. The maximum absolute atomic E-state index is 12.1. The number of hydrogen-bond donors (Lipinski definition) is 0. The van der Waals surface area contributed by atoms with E-state index in [0.29, 0.717) is 12.5 Å². The van der Waals surface area contributed by atoms with E-state index in [4.69, 9.17) is 4.74 Å². The first-order chi connectivity index (χ1) is 9.20. The van der Waals surface area contributed by atoms with E-state index in [0.717, 1.165) is 24.8 Å². The number of aryl methyl sites for hydroxylation is 2. The molecule has 0 fully saturated rings. The van der Waals surface area contributed by atoms with Crippen LogP contribution in [0.4, 0.5) is 0 Å². The molecule has 2 heteroatoms. The first-order valence-corrected chi connectivity index (χ1v) is 7.43. The normalized spacial score (nSPS) is 15.3. The summed E-state index contributed by atoms with van der Waals surface area (Å²) in [5.74, 6) is 0.649. The minimum atomic E-state index is 0.110. The zero-order chi connectivity index (χ0) is 13.7. The Balaban J connectivity index is 1.83. The summed E-state index contributed by atoms with van der Waals surface area (Å²) in [6, 6.07) is 6.12. The Morgan fingerprint density at radius 3 is 2.89 bits per heavy atom. The van der Waals surface area contributed by atoms with Gasteiger partial charge in [0.2, 0.25) is 0 Å². The van der Waals surface area contributed by atoms with Crippen LogP contribution in [0.2, 0.25) is 0 Å². The highest BCUT2D eigenvalue weighted by molar-refractivity contribution is 5.97. The number of rotatable bonds is 7. The van der Waals surface area contributed by atoms with Crippen LogP contribution >= 0.6 is 0 Å². The molecule has 0 saturated carbocycles. The average molecular weight is 260 g/mol. The monoisotopic (exact) mass is 260 g/mol. The number of hydrogen-bond acceptors (Lipinski definition) is 2. The minimum Gasteiger partial charge on any atom is -0.373 e. The SMILES string of the molecule is CCCC(C)COCC(=O)c1ccc2c(c1)CCC2. The van der Waals surface area contributed by atoms with Crippen molar-refractivity contribution in [2.75, 3.05) is 13.2 Å². The lowest BCUT2D eigenvalue weighted by Gasteiger charge is -2.10. The summed E-state index contributed by atoms with van der Waals surface area (Å²) in [6.45, 7) is 5.24.